The van der Waals surface area contributed by atoms with Crippen LogP contribution < -0.4 is 10.6 Å². The highest BCUT2D eigenvalue weighted by Crippen LogP contribution is 2.29. The van der Waals surface area contributed by atoms with Crippen LogP contribution in [0, 0.1) is 13.8 Å². The molecule has 5 rings (SSSR count). The molecule has 1 atom stereocenters. The van der Waals surface area contributed by atoms with Crippen LogP contribution in [0.2, 0.25) is 0 Å². The number of anilines is 4. The van der Waals surface area contributed by atoms with Gasteiger partial charge in [-0.05, 0) is 43.5 Å². The SMILES string of the molecule is Cc1cccc(C)c1Nc1nn(CCC2COCO2)c2nc(Nc3ccccc3)ncc12. The highest BCUT2D eigenvalue weighted by Gasteiger charge is 2.19. The first-order valence-corrected chi connectivity index (χ1v) is 10.8. The van der Waals surface area contributed by atoms with Crippen molar-refractivity contribution >= 4 is 34.2 Å². The van der Waals surface area contributed by atoms with E-state index in [0.717, 1.165) is 45.8 Å². The van der Waals surface area contributed by atoms with Crippen LogP contribution in [0.3, 0.4) is 0 Å². The van der Waals surface area contributed by atoms with Crippen LogP contribution >= 0.6 is 0 Å². The summed E-state index contributed by atoms with van der Waals surface area (Å²) in [5.41, 5.74) is 5.08. The van der Waals surface area contributed by atoms with Crippen LogP contribution in [0.15, 0.2) is 54.7 Å². The van der Waals surface area contributed by atoms with Crippen molar-refractivity contribution in [3.8, 4) is 0 Å². The second-order valence-electron chi connectivity index (χ2n) is 7.95. The van der Waals surface area contributed by atoms with Crippen molar-refractivity contribution in [2.24, 2.45) is 0 Å². The van der Waals surface area contributed by atoms with E-state index >= 15 is 0 Å². The van der Waals surface area contributed by atoms with Crippen molar-refractivity contribution in [3.05, 3.63) is 65.9 Å². The van der Waals surface area contributed by atoms with Gasteiger partial charge in [-0.15, -0.1) is 0 Å². The first-order valence-electron chi connectivity index (χ1n) is 10.8. The Morgan fingerprint density at radius 3 is 2.59 bits per heavy atom. The van der Waals surface area contributed by atoms with E-state index in [2.05, 4.69) is 47.7 Å². The van der Waals surface area contributed by atoms with E-state index in [1.54, 1.807) is 0 Å². The molecule has 3 heterocycles. The first-order chi connectivity index (χ1) is 15.7. The number of ether oxygens (including phenoxy) is 2. The van der Waals surface area contributed by atoms with Gasteiger partial charge >= 0.3 is 0 Å². The van der Waals surface area contributed by atoms with Crippen molar-refractivity contribution in [2.45, 2.75) is 32.9 Å². The zero-order valence-corrected chi connectivity index (χ0v) is 18.2. The normalized spacial score (nSPS) is 15.9. The van der Waals surface area contributed by atoms with E-state index in [0.29, 0.717) is 25.9 Å². The Labute approximate surface area is 186 Å². The standard InChI is InChI=1S/C24H26N6O2/c1-16-7-6-8-17(2)21(16)27-22-20-13-25-24(26-18-9-4-3-5-10-18)28-23(20)30(29-22)12-11-19-14-31-15-32-19/h3-10,13,19H,11-12,14-15H2,1-2H3,(H,27,29)(H,25,26,28). The number of aryl methyl sites for hydroxylation is 3. The summed E-state index contributed by atoms with van der Waals surface area (Å²) in [4.78, 5) is 9.33. The molecule has 2 aromatic carbocycles. The summed E-state index contributed by atoms with van der Waals surface area (Å²) in [5, 5.41) is 12.5. The van der Waals surface area contributed by atoms with Gasteiger partial charge < -0.3 is 20.1 Å². The fraction of sp³-hybridized carbons (Fsp3) is 0.292. The lowest BCUT2D eigenvalue weighted by molar-refractivity contribution is 0.0434. The Morgan fingerprint density at radius 2 is 1.84 bits per heavy atom. The van der Waals surface area contributed by atoms with Gasteiger partial charge in [0.2, 0.25) is 5.95 Å². The maximum absolute atomic E-state index is 5.60. The number of hydrogen-bond acceptors (Lipinski definition) is 7. The molecule has 0 saturated carbocycles. The monoisotopic (exact) mass is 430 g/mol. The van der Waals surface area contributed by atoms with Crippen molar-refractivity contribution < 1.29 is 9.47 Å². The quantitative estimate of drug-likeness (QED) is 0.440. The highest BCUT2D eigenvalue weighted by molar-refractivity contribution is 5.90. The fourth-order valence-electron chi connectivity index (χ4n) is 3.85. The Kier molecular flexibility index (Phi) is 5.70. The summed E-state index contributed by atoms with van der Waals surface area (Å²) >= 11 is 0. The molecule has 8 heteroatoms. The largest absolute Gasteiger partial charge is 0.353 e. The van der Waals surface area contributed by atoms with E-state index in [-0.39, 0.29) is 6.10 Å². The van der Waals surface area contributed by atoms with Gasteiger partial charge in [0.05, 0.1) is 18.1 Å². The number of nitrogens with one attached hydrogen (secondary N) is 2. The van der Waals surface area contributed by atoms with Crippen LogP contribution in [0.25, 0.3) is 11.0 Å². The average molecular weight is 431 g/mol. The van der Waals surface area contributed by atoms with Crippen LogP contribution in [0.5, 0.6) is 0 Å². The Bertz CT molecular complexity index is 1200. The first kappa shape index (κ1) is 20.4. The summed E-state index contributed by atoms with van der Waals surface area (Å²) in [6.45, 7) is 5.81. The molecule has 4 aromatic rings. The lowest BCUT2D eigenvalue weighted by Gasteiger charge is -2.10. The smallest absolute Gasteiger partial charge is 0.229 e. The summed E-state index contributed by atoms with van der Waals surface area (Å²) in [6.07, 6.45) is 2.70. The topological polar surface area (TPSA) is 86.1 Å². The van der Waals surface area contributed by atoms with Crippen molar-refractivity contribution in [1.82, 2.24) is 19.7 Å². The number of nitrogens with zero attached hydrogens (tertiary/aromatic N) is 4. The molecule has 2 aromatic heterocycles. The molecule has 8 nitrogen and oxygen atoms in total. The molecule has 0 spiro atoms. The van der Waals surface area contributed by atoms with E-state index in [9.17, 15) is 0 Å². The molecular weight excluding hydrogens is 404 g/mol. The second kappa shape index (κ2) is 8.94. The zero-order valence-electron chi connectivity index (χ0n) is 18.2. The third kappa shape index (κ3) is 4.28. The average Bonchev–Trinajstić information content (AvgIpc) is 3.43. The molecule has 1 fully saturated rings. The predicted octanol–water partition coefficient (Wildman–Crippen LogP) is 4.69. The van der Waals surface area contributed by atoms with E-state index in [1.165, 1.54) is 0 Å². The number of rotatable bonds is 7. The number of aromatic nitrogens is 4. The molecule has 32 heavy (non-hydrogen) atoms. The minimum atomic E-state index is 0.0769. The molecule has 1 unspecified atom stereocenters. The number of para-hydroxylation sites is 2. The van der Waals surface area contributed by atoms with Gasteiger partial charge in [0.25, 0.3) is 0 Å². The van der Waals surface area contributed by atoms with E-state index < -0.39 is 0 Å². The van der Waals surface area contributed by atoms with Crippen LogP contribution in [-0.4, -0.2) is 39.3 Å². The summed E-state index contributed by atoms with van der Waals surface area (Å²) in [6, 6.07) is 16.1. The van der Waals surface area contributed by atoms with Crippen molar-refractivity contribution in [2.75, 3.05) is 24.0 Å². The fourth-order valence-corrected chi connectivity index (χ4v) is 3.85. The van der Waals surface area contributed by atoms with Gasteiger partial charge in [-0.2, -0.15) is 10.1 Å². The number of benzene rings is 2. The highest BCUT2D eigenvalue weighted by atomic mass is 16.7. The van der Waals surface area contributed by atoms with Gasteiger partial charge in [0.1, 0.15) is 6.79 Å². The third-order valence-corrected chi connectivity index (χ3v) is 5.60. The van der Waals surface area contributed by atoms with E-state index in [4.69, 9.17) is 19.6 Å². The Morgan fingerprint density at radius 1 is 1.03 bits per heavy atom. The van der Waals surface area contributed by atoms with E-state index in [1.807, 2.05) is 41.2 Å². The lowest BCUT2D eigenvalue weighted by atomic mass is 10.1. The van der Waals surface area contributed by atoms with Gasteiger partial charge in [-0.3, -0.25) is 0 Å². The maximum atomic E-state index is 5.60. The minimum absolute atomic E-state index is 0.0769. The molecule has 164 valence electrons. The van der Waals surface area contributed by atoms with Gasteiger partial charge in [0, 0.05) is 24.1 Å². The van der Waals surface area contributed by atoms with Crippen molar-refractivity contribution in [1.29, 1.82) is 0 Å². The van der Waals surface area contributed by atoms with Crippen molar-refractivity contribution in [3.63, 3.8) is 0 Å². The molecule has 1 aliphatic rings. The third-order valence-electron chi connectivity index (χ3n) is 5.60. The van der Waals surface area contributed by atoms with Crippen LogP contribution in [0.4, 0.5) is 23.1 Å². The lowest BCUT2D eigenvalue weighted by Crippen LogP contribution is -2.14. The summed E-state index contributed by atoms with van der Waals surface area (Å²) < 4.78 is 12.8. The van der Waals surface area contributed by atoms with Gasteiger partial charge in [-0.25, -0.2) is 9.67 Å². The number of fused-ring (bicyclic) bond motifs is 1. The predicted molar refractivity (Wildman–Crippen MR) is 125 cm³/mol. The van der Waals surface area contributed by atoms with Gasteiger partial charge in [0.15, 0.2) is 11.5 Å². The molecule has 1 saturated heterocycles. The molecular formula is C24H26N6O2. The van der Waals surface area contributed by atoms with Crippen LogP contribution in [0.1, 0.15) is 17.5 Å². The second-order valence-corrected chi connectivity index (χ2v) is 7.95. The zero-order chi connectivity index (χ0) is 21.9. The Balaban J connectivity index is 1.50. The minimum Gasteiger partial charge on any atom is -0.353 e. The Hall–Kier alpha value is -3.49. The molecule has 0 aliphatic carbocycles. The van der Waals surface area contributed by atoms with Crippen LogP contribution in [-0.2, 0) is 16.0 Å². The summed E-state index contributed by atoms with van der Waals surface area (Å²) in [5.74, 6) is 1.27. The molecule has 0 radical (unpaired) electrons. The molecule has 0 amide bonds. The van der Waals surface area contributed by atoms with Gasteiger partial charge in [-0.1, -0.05) is 36.4 Å². The maximum Gasteiger partial charge on any atom is 0.229 e. The molecule has 1 aliphatic heterocycles. The molecule has 0 bridgehead atoms. The number of hydrogen-bond donors (Lipinski definition) is 2. The molecule has 2 N–H and O–H groups in total. The summed E-state index contributed by atoms with van der Waals surface area (Å²) in [7, 11) is 0.